The number of hydrogen-bond donors (Lipinski definition) is 1. The Kier molecular flexibility index (Phi) is 15.5. The summed E-state index contributed by atoms with van der Waals surface area (Å²) in [5.41, 5.74) is 1.06. The average molecular weight is 236 g/mol. The molecule has 0 spiro atoms. The van der Waals surface area contributed by atoms with Crippen molar-refractivity contribution in [3.63, 3.8) is 0 Å². The molecule has 0 bridgehead atoms. The molecule has 0 fully saturated rings. The van der Waals surface area contributed by atoms with E-state index in [-0.39, 0.29) is 51.4 Å². The Morgan fingerprint density at radius 3 is 2.60 bits per heavy atom. The smallest absolute Gasteiger partial charge is 0.473 e. The number of hydrogen-bond acceptors (Lipinski definition) is 3. The molecule has 15 heavy (non-hydrogen) atoms. The van der Waals surface area contributed by atoms with Crippen molar-refractivity contribution in [2.24, 2.45) is 0 Å². The minimum Gasteiger partial charge on any atom is -0.473 e. The third-order valence-electron chi connectivity index (χ3n) is 1.70. The first kappa shape index (κ1) is 18.1. The molecule has 82 valence electrons. The van der Waals surface area contributed by atoms with Crippen molar-refractivity contribution in [2.45, 2.75) is 40.2 Å². The van der Waals surface area contributed by atoms with Gasteiger partial charge in [0.2, 0.25) is 0 Å². The first-order valence-corrected chi connectivity index (χ1v) is 5.25. The number of aromatic nitrogens is 3. The molecular formula is C10H21KN4. The van der Waals surface area contributed by atoms with E-state index >= 15 is 0 Å². The van der Waals surface area contributed by atoms with Crippen LogP contribution < -0.4 is 56.7 Å². The van der Waals surface area contributed by atoms with Gasteiger partial charge in [0.1, 0.15) is 0 Å². The van der Waals surface area contributed by atoms with Crippen LogP contribution in [-0.4, -0.2) is 21.5 Å². The van der Waals surface area contributed by atoms with E-state index < -0.39 is 0 Å². The summed E-state index contributed by atoms with van der Waals surface area (Å²) in [4.78, 5) is 0. The van der Waals surface area contributed by atoms with E-state index in [0.29, 0.717) is 0 Å². The van der Waals surface area contributed by atoms with Crippen molar-refractivity contribution < 1.29 is 51.4 Å². The van der Waals surface area contributed by atoms with Crippen LogP contribution in [0.15, 0.2) is 6.20 Å². The summed E-state index contributed by atoms with van der Waals surface area (Å²) < 4.78 is 1.84. The van der Waals surface area contributed by atoms with Crippen molar-refractivity contribution in [3.8, 4) is 0 Å². The molecule has 0 aliphatic rings. The number of rotatable bonds is 5. The second kappa shape index (κ2) is 12.8. The third-order valence-corrected chi connectivity index (χ3v) is 1.70. The van der Waals surface area contributed by atoms with Crippen LogP contribution in [0.3, 0.4) is 0 Å². The van der Waals surface area contributed by atoms with E-state index in [0.717, 1.165) is 31.6 Å². The first-order chi connectivity index (χ1) is 6.86. The molecule has 1 heterocycles. The predicted octanol–water partition coefficient (Wildman–Crippen LogP) is -1.36. The van der Waals surface area contributed by atoms with Crippen molar-refractivity contribution in [1.29, 1.82) is 0 Å². The molecule has 0 unspecified atom stereocenters. The Morgan fingerprint density at radius 2 is 2.13 bits per heavy atom. The molecule has 0 amide bonds. The zero-order valence-electron chi connectivity index (χ0n) is 10.5. The molecule has 0 saturated carbocycles. The SMILES string of the molecule is CC.[CH2-]NCCCc1cn(CC)nn1.[K+]. The second-order valence-corrected chi connectivity index (χ2v) is 2.67. The van der Waals surface area contributed by atoms with Gasteiger partial charge in [-0.15, -0.1) is 5.10 Å². The van der Waals surface area contributed by atoms with Crippen LogP contribution in [-0.2, 0) is 13.0 Å². The fraction of sp³-hybridized carbons (Fsp3) is 0.700. The van der Waals surface area contributed by atoms with Gasteiger partial charge < -0.3 is 5.32 Å². The zero-order valence-corrected chi connectivity index (χ0v) is 13.6. The monoisotopic (exact) mass is 236 g/mol. The Balaban J connectivity index is 0. The van der Waals surface area contributed by atoms with Gasteiger partial charge in [-0.05, 0) is 26.3 Å². The molecule has 1 aromatic rings. The maximum atomic E-state index is 4.02. The van der Waals surface area contributed by atoms with Crippen molar-refractivity contribution in [2.75, 3.05) is 6.54 Å². The summed E-state index contributed by atoms with van der Waals surface area (Å²) in [6.45, 7) is 7.87. The first-order valence-electron chi connectivity index (χ1n) is 5.25. The summed E-state index contributed by atoms with van der Waals surface area (Å²) >= 11 is 0. The number of nitrogens with one attached hydrogen (secondary N) is 1. The van der Waals surface area contributed by atoms with Gasteiger partial charge in [-0.1, -0.05) is 19.1 Å². The van der Waals surface area contributed by atoms with Crippen molar-refractivity contribution in [1.82, 2.24) is 20.3 Å². The standard InChI is InChI=1S/C8H15N4.C2H6.K/c1-3-12-7-8(10-11-12)5-4-6-9-2;1-2;/h7,9H,2-6H2,1H3;1-2H3;/q-1;;+1. The summed E-state index contributed by atoms with van der Waals surface area (Å²) in [6, 6.07) is 0. The molecule has 0 aromatic carbocycles. The molecule has 1 aromatic heterocycles. The fourth-order valence-electron chi connectivity index (χ4n) is 1.00. The maximum absolute atomic E-state index is 4.02. The Hall–Kier alpha value is 0.736. The van der Waals surface area contributed by atoms with Gasteiger partial charge in [-0.3, -0.25) is 11.7 Å². The van der Waals surface area contributed by atoms with Gasteiger partial charge in [0, 0.05) is 12.7 Å². The minimum absolute atomic E-state index is 0. The molecule has 1 rings (SSSR count). The van der Waals surface area contributed by atoms with Gasteiger partial charge in [-0.25, -0.2) is 0 Å². The van der Waals surface area contributed by atoms with E-state index in [1.54, 1.807) is 0 Å². The Morgan fingerprint density at radius 1 is 1.47 bits per heavy atom. The van der Waals surface area contributed by atoms with E-state index in [1.807, 2.05) is 24.7 Å². The topological polar surface area (TPSA) is 42.7 Å². The molecule has 0 aliphatic carbocycles. The zero-order chi connectivity index (χ0) is 10.8. The second-order valence-electron chi connectivity index (χ2n) is 2.67. The summed E-state index contributed by atoms with van der Waals surface area (Å²) in [7, 11) is 3.55. The number of nitrogens with zero attached hydrogens (tertiary/aromatic N) is 3. The fourth-order valence-corrected chi connectivity index (χ4v) is 1.00. The van der Waals surface area contributed by atoms with Crippen LogP contribution >= 0.6 is 0 Å². The van der Waals surface area contributed by atoms with E-state index in [4.69, 9.17) is 0 Å². The van der Waals surface area contributed by atoms with Crippen LogP contribution in [0.1, 0.15) is 32.9 Å². The van der Waals surface area contributed by atoms with Crippen LogP contribution in [0.5, 0.6) is 0 Å². The van der Waals surface area contributed by atoms with Gasteiger partial charge >= 0.3 is 51.4 Å². The largest absolute Gasteiger partial charge is 1.00 e. The van der Waals surface area contributed by atoms with Gasteiger partial charge in [0.15, 0.2) is 0 Å². The molecule has 0 atom stereocenters. The molecule has 0 radical (unpaired) electrons. The molecule has 0 saturated heterocycles. The number of aryl methyl sites for hydroxylation is 2. The molecular weight excluding hydrogens is 215 g/mol. The van der Waals surface area contributed by atoms with Gasteiger partial charge in [0.25, 0.3) is 0 Å². The maximum Gasteiger partial charge on any atom is 1.00 e. The molecule has 1 N–H and O–H groups in total. The molecule has 5 heteroatoms. The van der Waals surface area contributed by atoms with Crippen LogP contribution in [0.2, 0.25) is 0 Å². The quantitative estimate of drug-likeness (QED) is 0.390. The van der Waals surface area contributed by atoms with E-state index in [1.165, 1.54) is 0 Å². The van der Waals surface area contributed by atoms with Gasteiger partial charge in [0.05, 0.1) is 5.69 Å². The van der Waals surface area contributed by atoms with Crippen LogP contribution in [0.4, 0.5) is 0 Å². The Bertz CT molecular complexity index is 225. The Labute approximate surface area is 136 Å². The molecule has 0 aliphatic heterocycles. The van der Waals surface area contributed by atoms with Crippen molar-refractivity contribution in [3.05, 3.63) is 18.9 Å². The summed E-state index contributed by atoms with van der Waals surface area (Å²) in [5.74, 6) is 0. The molecule has 4 nitrogen and oxygen atoms in total. The summed E-state index contributed by atoms with van der Waals surface area (Å²) in [5, 5.41) is 10.8. The van der Waals surface area contributed by atoms with E-state index in [9.17, 15) is 0 Å². The normalized spacial score (nSPS) is 8.80. The average Bonchev–Trinajstić information content (AvgIpc) is 2.69. The van der Waals surface area contributed by atoms with Gasteiger partial charge in [-0.2, -0.15) is 0 Å². The predicted molar refractivity (Wildman–Crippen MR) is 58.7 cm³/mol. The van der Waals surface area contributed by atoms with E-state index in [2.05, 4.69) is 29.6 Å². The minimum atomic E-state index is 0. The third kappa shape index (κ3) is 8.53. The van der Waals surface area contributed by atoms with Crippen LogP contribution in [0.25, 0.3) is 0 Å². The summed E-state index contributed by atoms with van der Waals surface area (Å²) in [6.07, 6.45) is 4.03. The van der Waals surface area contributed by atoms with Crippen LogP contribution in [0, 0.1) is 7.05 Å². The van der Waals surface area contributed by atoms with Crippen molar-refractivity contribution >= 4 is 0 Å².